The van der Waals surface area contributed by atoms with E-state index in [9.17, 15) is 4.79 Å². The zero-order chi connectivity index (χ0) is 12.8. The molecule has 0 N–H and O–H groups in total. The van der Waals surface area contributed by atoms with Crippen LogP contribution in [0.3, 0.4) is 0 Å². The van der Waals surface area contributed by atoms with Crippen molar-refractivity contribution < 1.29 is 14.1 Å². The number of carbonyl (C=O) groups excluding carboxylic acids is 1. The van der Waals surface area contributed by atoms with Gasteiger partial charge in [0.25, 0.3) is 0 Å². The van der Waals surface area contributed by atoms with Crippen LogP contribution >= 0.6 is 11.8 Å². The second-order valence-electron chi connectivity index (χ2n) is 4.10. The molecule has 0 aliphatic heterocycles. The van der Waals surface area contributed by atoms with Crippen LogP contribution in [0.1, 0.15) is 44.8 Å². The predicted molar refractivity (Wildman–Crippen MR) is 65.8 cm³/mol. The van der Waals surface area contributed by atoms with Gasteiger partial charge in [-0.1, -0.05) is 25.9 Å². The van der Waals surface area contributed by atoms with Gasteiger partial charge >= 0.3 is 5.97 Å². The van der Waals surface area contributed by atoms with Gasteiger partial charge in [-0.3, -0.25) is 4.79 Å². The van der Waals surface area contributed by atoms with Crippen LogP contribution in [0.5, 0.6) is 0 Å². The van der Waals surface area contributed by atoms with E-state index >= 15 is 0 Å². The third-order valence-corrected chi connectivity index (χ3v) is 3.32. The van der Waals surface area contributed by atoms with Crippen molar-refractivity contribution in [1.82, 2.24) is 10.1 Å². The van der Waals surface area contributed by atoms with Crippen LogP contribution in [-0.2, 0) is 15.3 Å². The molecule has 1 atom stereocenters. The van der Waals surface area contributed by atoms with Crippen molar-refractivity contribution in [1.29, 1.82) is 0 Å². The standard InChI is InChI=1S/C11H18N2O3S/c1-7(2)11-12-9(16-13-11)6-17-8(3)5-10(14)15-4/h7-8H,5-6H2,1-4H3. The molecule has 6 heteroatoms. The van der Waals surface area contributed by atoms with E-state index in [0.29, 0.717) is 18.1 Å². The quantitative estimate of drug-likeness (QED) is 0.730. The summed E-state index contributed by atoms with van der Waals surface area (Å²) in [5.74, 6) is 2.03. The molecule has 0 radical (unpaired) electrons. The van der Waals surface area contributed by atoms with E-state index in [1.807, 2.05) is 20.8 Å². The smallest absolute Gasteiger partial charge is 0.306 e. The summed E-state index contributed by atoms with van der Waals surface area (Å²) in [5.41, 5.74) is 0. The number of carbonyl (C=O) groups is 1. The van der Waals surface area contributed by atoms with E-state index in [-0.39, 0.29) is 17.1 Å². The Balaban J connectivity index is 2.36. The van der Waals surface area contributed by atoms with Crippen LogP contribution in [0, 0.1) is 0 Å². The van der Waals surface area contributed by atoms with Crippen molar-refractivity contribution in [2.24, 2.45) is 0 Å². The van der Waals surface area contributed by atoms with E-state index < -0.39 is 0 Å². The largest absolute Gasteiger partial charge is 0.469 e. The van der Waals surface area contributed by atoms with Crippen LogP contribution in [0.15, 0.2) is 4.52 Å². The molecular formula is C11H18N2O3S. The van der Waals surface area contributed by atoms with Gasteiger partial charge in [0.15, 0.2) is 5.82 Å². The first-order valence-corrected chi connectivity index (χ1v) is 6.58. The summed E-state index contributed by atoms with van der Waals surface area (Å²) >= 11 is 1.60. The average Bonchev–Trinajstić information content (AvgIpc) is 2.75. The number of rotatable bonds is 6. The molecule has 0 saturated carbocycles. The van der Waals surface area contributed by atoms with Crippen molar-refractivity contribution in [3.63, 3.8) is 0 Å². The number of aromatic nitrogens is 2. The van der Waals surface area contributed by atoms with Gasteiger partial charge < -0.3 is 9.26 Å². The summed E-state index contributed by atoms with van der Waals surface area (Å²) in [7, 11) is 1.40. The molecule has 0 spiro atoms. The van der Waals surface area contributed by atoms with E-state index in [0.717, 1.165) is 5.82 Å². The molecule has 5 nitrogen and oxygen atoms in total. The van der Waals surface area contributed by atoms with Gasteiger partial charge in [-0.2, -0.15) is 4.98 Å². The van der Waals surface area contributed by atoms with Crippen LogP contribution in [0.2, 0.25) is 0 Å². The number of hydrogen-bond donors (Lipinski definition) is 0. The van der Waals surface area contributed by atoms with Crippen LogP contribution in [-0.4, -0.2) is 28.5 Å². The molecule has 0 fully saturated rings. The number of ether oxygens (including phenoxy) is 1. The van der Waals surface area contributed by atoms with Crippen molar-refractivity contribution in [2.75, 3.05) is 7.11 Å². The van der Waals surface area contributed by atoms with Crippen molar-refractivity contribution in [3.05, 3.63) is 11.7 Å². The minimum absolute atomic E-state index is 0.178. The van der Waals surface area contributed by atoms with Gasteiger partial charge in [-0.15, -0.1) is 11.8 Å². The number of nitrogens with zero attached hydrogens (tertiary/aromatic N) is 2. The summed E-state index contributed by atoms with van der Waals surface area (Å²) in [5, 5.41) is 4.06. The van der Waals surface area contributed by atoms with E-state index in [4.69, 9.17) is 4.52 Å². The fourth-order valence-electron chi connectivity index (χ4n) is 1.15. The first kappa shape index (κ1) is 14.0. The summed E-state index contributed by atoms with van der Waals surface area (Å²) in [4.78, 5) is 15.3. The summed E-state index contributed by atoms with van der Waals surface area (Å²) in [6.07, 6.45) is 0.395. The molecule has 0 aliphatic rings. The molecule has 1 rings (SSSR count). The minimum atomic E-state index is -0.196. The summed E-state index contributed by atoms with van der Waals surface area (Å²) in [6.45, 7) is 6.00. The van der Waals surface area contributed by atoms with Crippen molar-refractivity contribution in [2.45, 2.75) is 44.1 Å². The minimum Gasteiger partial charge on any atom is -0.469 e. The lowest BCUT2D eigenvalue weighted by Gasteiger charge is -2.07. The number of esters is 1. The SMILES string of the molecule is COC(=O)CC(C)SCc1nc(C(C)C)no1. The zero-order valence-corrected chi connectivity index (χ0v) is 11.4. The highest BCUT2D eigenvalue weighted by Gasteiger charge is 2.13. The monoisotopic (exact) mass is 258 g/mol. The molecule has 0 bridgehead atoms. The van der Waals surface area contributed by atoms with E-state index in [2.05, 4.69) is 14.9 Å². The van der Waals surface area contributed by atoms with Gasteiger partial charge in [-0.25, -0.2) is 0 Å². The molecule has 17 heavy (non-hydrogen) atoms. The lowest BCUT2D eigenvalue weighted by molar-refractivity contribution is -0.140. The lowest BCUT2D eigenvalue weighted by atomic mass is 10.2. The van der Waals surface area contributed by atoms with Gasteiger partial charge in [0.05, 0.1) is 19.3 Å². The summed E-state index contributed by atoms with van der Waals surface area (Å²) < 4.78 is 9.71. The summed E-state index contributed by atoms with van der Waals surface area (Å²) in [6, 6.07) is 0. The van der Waals surface area contributed by atoms with Crippen molar-refractivity contribution >= 4 is 17.7 Å². The number of thioether (sulfide) groups is 1. The first-order valence-electron chi connectivity index (χ1n) is 5.53. The molecular weight excluding hydrogens is 240 g/mol. The van der Waals surface area contributed by atoms with E-state index in [1.54, 1.807) is 11.8 Å². The van der Waals surface area contributed by atoms with Gasteiger partial charge in [-0.05, 0) is 0 Å². The first-order chi connectivity index (χ1) is 8.02. The Kier molecular flexibility index (Phi) is 5.47. The molecule has 1 aromatic heterocycles. The Morgan fingerprint density at radius 3 is 2.71 bits per heavy atom. The third-order valence-electron chi connectivity index (χ3n) is 2.17. The highest BCUT2D eigenvalue weighted by Crippen LogP contribution is 2.20. The topological polar surface area (TPSA) is 65.2 Å². The highest BCUT2D eigenvalue weighted by atomic mass is 32.2. The average molecular weight is 258 g/mol. The van der Waals surface area contributed by atoms with Crippen molar-refractivity contribution in [3.8, 4) is 0 Å². The normalized spacial score (nSPS) is 12.8. The molecule has 0 saturated heterocycles. The Morgan fingerprint density at radius 1 is 1.47 bits per heavy atom. The number of methoxy groups -OCH3 is 1. The van der Waals surface area contributed by atoms with Gasteiger partial charge in [0.1, 0.15) is 0 Å². The van der Waals surface area contributed by atoms with Gasteiger partial charge in [0, 0.05) is 11.2 Å². The predicted octanol–water partition coefficient (Wildman–Crippen LogP) is 2.38. The fraction of sp³-hybridized carbons (Fsp3) is 0.727. The lowest BCUT2D eigenvalue weighted by Crippen LogP contribution is -2.08. The Labute approximate surface area is 105 Å². The highest BCUT2D eigenvalue weighted by molar-refractivity contribution is 7.99. The Bertz CT molecular complexity index is 365. The second kappa shape index (κ2) is 6.64. The maximum atomic E-state index is 11.0. The Morgan fingerprint density at radius 2 is 2.18 bits per heavy atom. The maximum Gasteiger partial charge on any atom is 0.306 e. The molecule has 1 heterocycles. The Hall–Kier alpha value is -1.04. The van der Waals surface area contributed by atoms with Gasteiger partial charge in [0.2, 0.25) is 5.89 Å². The van der Waals surface area contributed by atoms with Crippen LogP contribution in [0.25, 0.3) is 0 Å². The fourth-order valence-corrected chi connectivity index (χ4v) is 1.95. The van der Waals surface area contributed by atoms with E-state index in [1.165, 1.54) is 7.11 Å². The molecule has 0 aliphatic carbocycles. The second-order valence-corrected chi connectivity index (χ2v) is 5.53. The maximum absolute atomic E-state index is 11.0. The molecule has 96 valence electrons. The molecule has 0 amide bonds. The number of hydrogen-bond acceptors (Lipinski definition) is 6. The zero-order valence-electron chi connectivity index (χ0n) is 10.6. The van der Waals surface area contributed by atoms with Crippen LogP contribution < -0.4 is 0 Å². The molecule has 1 unspecified atom stereocenters. The molecule has 1 aromatic rings. The van der Waals surface area contributed by atoms with Crippen LogP contribution in [0.4, 0.5) is 0 Å². The molecule has 0 aromatic carbocycles. The third kappa shape index (κ3) is 4.77.